The number of hydrogen-bond donors (Lipinski definition) is 1. The Morgan fingerprint density at radius 1 is 1.00 bits per heavy atom. The molecule has 0 saturated heterocycles. The summed E-state index contributed by atoms with van der Waals surface area (Å²) in [5.41, 5.74) is 8.03. The third-order valence-electron chi connectivity index (χ3n) is 7.22. The van der Waals surface area contributed by atoms with Gasteiger partial charge >= 0.3 is 0 Å². The average molecular weight is 703 g/mol. The number of aliphatic hydroxyl groups is 1. The zero-order chi connectivity index (χ0) is 27.6. The molecule has 39 heavy (non-hydrogen) atoms. The van der Waals surface area contributed by atoms with Gasteiger partial charge in [0.05, 0.1) is 5.76 Å². The van der Waals surface area contributed by atoms with Gasteiger partial charge in [0.25, 0.3) is 0 Å². The summed E-state index contributed by atoms with van der Waals surface area (Å²) in [5, 5.41) is 11.5. The molecule has 0 spiro atoms. The SMILES string of the molecule is CC(C)(C)c1cc[c-]c(-c2nccc3c2oc2cc4c(cc23)CCCC4)c1.CC(C)C(=O)/C=C(\O)C(C)C.[Ir]. The molecule has 0 aliphatic heterocycles. The molecule has 2 aromatic carbocycles. The molecule has 0 unspecified atom stereocenters. The second kappa shape index (κ2) is 12.6. The standard InChI is InChI=1S/C25H24NO.C9H16O2.Ir/c1-25(2,3)19-10-6-9-18(13-19)23-24-20(11-12-26-23)21-14-16-7-4-5-8-17(16)15-22(21)27-24;1-6(2)8(10)5-9(11)7(3)4;/h6,10-15H,4-5,7-8H2,1-3H3;5-7,10H,1-4H3;/q-1;;/b;8-5-;. The zero-order valence-corrected chi connectivity index (χ0v) is 26.5. The molecule has 2 aromatic heterocycles. The van der Waals surface area contributed by atoms with E-state index in [9.17, 15) is 9.90 Å². The minimum absolute atomic E-state index is 0. The van der Waals surface area contributed by atoms with Crippen LogP contribution < -0.4 is 0 Å². The Labute approximate surface area is 246 Å². The van der Waals surface area contributed by atoms with Gasteiger partial charge in [-0.2, -0.15) is 0 Å². The topological polar surface area (TPSA) is 63.3 Å². The molecule has 0 amide bonds. The fourth-order valence-corrected chi connectivity index (χ4v) is 4.67. The third kappa shape index (κ3) is 7.07. The number of carbonyl (C=O) groups is 1. The van der Waals surface area contributed by atoms with Gasteiger partial charge in [-0.25, -0.2) is 0 Å². The van der Waals surface area contributed by atoms with Crippen molar-refractivity contribution in [3.63, 3.8) is 0 Å². The van der Waals surface area contributed by atoms with E-state index in [0.717, 1.165) is 34.2 Å². The first-order valence-electron chi connectivity index (χ1n) is 13.8. The summed E-state index contributed by atoms with van der Waals surface area (Å²) < 4.78 is 6.35. The molecule has 4 aromatic rings. The first-order valence-corrected chi connectivity index (χ1v) is 13.8. The summed E-state index contributed by atoms with van der Waals surface area (Å²) in [5.74, 6) is 0.161. The van der Waals surface area contributed by atoms with E-state index >= 15 is 0 Å². The predicted molar refractivity (Wildman–Crippen MR) is 157 cm³/mol. The Morgan fingerprint density at radius 3 is 2.28 bits per heavy atom. The number of carbonyl (C=O) groups excluding carboxylic acids is 1. The molecular weight excluding hydrogens is 663 g/mol. The van der Waals surface area contributed by atoms with Gasteiger partial charge < -0.3 is 14.5 Å². The Bertz CT molecular complexity index is 1490. The van der Waals surface area contributed by atoms with Crippen LogP contribution in [0.5, 0.6) is 0 Å². The first kappa shape index (κ1) is 30.8. The number of furan rings is 1. The molecule has 5 rings (SSSR count). The van der Waals surface area contributed by atoms with Gasteiger partial charge in [-0.05, 0) is 60.4 Å². The molecule has 5 heteroatoms. The van der Waals surface area contributed by atoms with E-state index in [1.54, 1.807) is 0 Å². The van der Waals surface area contributed by atoms with Crippen LogP contribution in [0.2, 0.25) is 0 Å². The van der Waals surface area contributed by atoms with Crippen molar-refractivity contribution in [2.45, 2.75) is 79.6 Å². The van der Waals surface area contributed by atoms with E-state index in [1.807, 2.05) is 40.0 Å². The van der Waals surface area contributed by atoms with Crippen molar-refractivity contribution < 1.29 is 34.4 Å². The number of nitrogens with zero attached hydrogens (tertiary/aromatic N) is 1. The quantitative estimate of drug-likeness (QED) is 0.131. The second-order valence-electron chi connectivity index (χ2n) is 12.0. The van der Waals surface area contributed by atoms with Crippen molar-refractivity contribution in [2.75, 3.05) is 0 Å². The van der Waals surface area contributed by atoms with Crippen molar-refractivity contribution in [3.05, 3.63) is 77.2 Å². The molecule has 1 aliphatic rings. The van der Waals surface area contributed by atoms with Crippen molar-refractivity contribution in [3.8, 4) is 11.3 Å². The molecule has 0 fully saturated rings. The molecule has 0 saturated carbocycles. The molecule has 1 N–H and O–H groups in total. The van der Waals surface area contributed by atoms with Crippen LogP contribution in [-0.4, -0.2) is 15.9 Å². The molecule has 2 heterocycles. The molecule has 209 valence electrons. The number of benzene rings is 2. The van der Waals surface area contributed by atoms with E-state index in [1.165, 1.54) is 47.4 Å². The van der Waals surface area contributed by atoms with Crippen LogP contribution >= 0.6 is 0 Å². The Hall–Kier alpha value is -2.75. The molecule has 1 aliphatic carbocycles. The maximum absolute atomic E-state index is 11.0. The second-order valence-corrected chi connectivity index (χ2v) is 12.0. The van der Waals surface area contributed by atoms with Crippen molar-refractivity contribution >= 4 is 27.7 Å². The van der Waals surface area contributed by atoms with Crippen LogP contribution in [-0.2, 0) is 43.2 Å². The first-order chi connectivity index (χ1) is 18.0. The number of aliphatic hydroxyl groups excluding tert-OH is 1. The van der Waals surface area contributed by atoms with Gasteiger partial charge in [-0.3, -0.25) is 4.79 Å². The normalized spacial score (nSPS) is 13.7. The van der Waals surface area contributed by atoms with Gasteiger partial charge in [0.15, 0.2) is 5.78 Å². The minimum atomic E-state index is -0.0316. The molecule has 4 nitrogen and oxygen atoms in total. The number of hydrogen-bond acceptors (Lipinski definition) is 4. The van der Waals surface area contributed by atoms with Gasteiger partial charge in [-0.1, -0.05) is 48.5 Å². The monoisotopic (exact) mass is 703 g/mol. The van der Waals surface area contributed by atoms with E-state index in [-0.39, 0.29) is 48.9 Å². The van der Waals surface area contributed by atoms with Crippen LogP contribution in [0.1, 0.15) is 78.0 Å². The van der Waals surface area contributed by atoms with Crippen molar-refractivity contribution in [2.24, 2.45) is 11.8 Å². The number of fused-ring (bicyclic) bond motifs is 4. The largest absolute Gasteiger partial charge is 0.512 e. The number of allylic oxidation sites excluding steroid dienone is 2. The Kier molecular flexibility index (Phi) is 9.96. The maximum Gasteiger partial charge on any atom is 0.161 e. The smallest absolute Gasteiger partial charge is 0.161 e. The summed E-state index contributed by atoms with van der Waals surface area (Å²) >= 11 is 0. The fraction of sp³-hybridized carbons (Fsp3) is 0.412. The zero-order valence-electron chi connectivity index (χ0n) is 24.1. The molecule has 0 bridgehead atoms. The van der Waals surface area contributed by atoms with Gasteiger partial charge in [0, 0.05) is 60.7 Å². The van der Waals surface area contributed by atoms with Crippen LogP contribution in [0, 0.1) is 17.9 Å². The van der Waals surface area contributed by atoms with Crippen LogP contribution in [0.25, 0.3) is 33.2 Å². The third-order valence-corrected chi connectivity index (χ3v) is 7.22. The van der Waals surface area contributed by atoms with Crippen LogP contribution in [0.3, 0.4) is 0 Å². The van der Waals surface area contributed by atoms with Crippen LogP contribution in [0.4, 0.5) is 0 Å². The number of aromatic nitrogens is 1. The van der Waals surface area contributed by atoms with Gasteiger partial charge in [-0.15, -0.1) is 35.4 Å². The average Bonchev–Trinajstić information content (AvgIpc) is 3.24. The number of rotatable bonds is 4. The van der Waals surface area contributed by atoms with E-state index in [4.69, 9.17) is 4.42 Å². The minimum Gasteiger partial charge on any atom is -0.512 e. The van der Waals surface area contributed by atoms with Gasteiger partial charge in [0.2, 0.25) is 0 Å². The Balaban J connectivity index is 0.000000301. The van der Waals surface area contributed by atoms with E-state index in [0.29, 0.717) is 0 Å². The summed E-state index contributed by atoms with van der Waals surface area (Å²) in [4.78, 5) is 15.7. The summed E-state index contributed by atoms with van der Waals surface area (Å²) in [6.07, 6.45) is 8.11. The fourth-order valence-electron chi connectivity index (χ4n) is 4.67. The summed E-state index contributed by atoms with van der Waals surface area (Å²) in [6.45, 7) is 14.0. The van der Waals surface area contributed by atoms with Crippen LogP contribution in [0.15, 0.2) is 58.8 Å². The van der Waals surface area contributed by atoms with Crippen molar-refractivity contribution in [1.29, 1.82) is 0 Å². The summed E-state index contributed by atoms with van der Waals surface area (Å²) in [7, 11) is 0. The van der Waals surface area contributed by atoms with Crippen molar-refractivity contribution in [1.82, 2.24) is 4.98 Å². The molecule has 0 atom stereocenters. The number of ketones is 1. The predicted octanol–water partition coefficient (Wildman–Crippen LogP) is 8.93. The number of aryl methyl sites for hydroxylation is 2. The molecular formula is C34H40IrNO3-. The Morgan fingerprint density at radius 2 is 1.67 bits per heavy atom. The van der Waals surface area contributed by atoms with E-state index in [2.05, 4.69) is 62.2 Å². The van der Waals surface area contributed by atoms with Gasteiger partial charge in [0.1, 0.15) is 11.2 Å². The maximum atomic E-state index is 11.0. The summed E-state index contributed by atoms with van der Waals surface area (Å²) in [6, 6.07) is 16.4. The van der Waals surface area contributed by atoms with E-state index < -0.39 is 0 Å². The molecule has 1 radical (unpaired) electrons. The number of pyridine rings is 1.